The number of carbonyl (C=O) groups excluding carboxylic acids is 1. The minimum Gasteiger partial charge on any atom is -0.484 e. The highest BCUT2D eigenvalue weighted by Crippen LogP contribution is 2.24. The SMILES string of the molecule is CS(=O)(=O)N(Cc1ccccc1F)c1ccc(OCC(=O)Nc2ccc(F)cc2)cc1. The number of halogens is 2. The Morgan fingerprint density at radius 2 is 1.61 bits per heavy atom. The van der Waals surface area contributed by atoms with Gasteiger partial charge in [0, 0.05) is 11.3 Å². The van der Waals surface area contributed by atoms with Crippen molar-refractivity contribution < 1.29 is 26.7 Å². The van der Waals surface area contributed by atoms with Crippen LogP contribution in [-0.4, -0.2) is 27.2 Å². The number of nitrogens with zero attached hydrogens (tertiary/aromatic N) is 1. The van der Waals surface area contributed by atoms with E-state index >= 15 is 0 Å². The number of rotatable bonds is 8. The molecule has 0 unspecified atom stereocenters. The smallest absolute Gasteiger partial charge is 0.262 e. The molecule has 3 aromatic carbocycles. The van der Waals surface area contributed by atoms with Crippen LogP contribution in [0.2, 0.25) is 0 Å². The van der Waals surface area contributed by atoms with Gasteiger partial charge in [-0.1, -0.05) is 18.2 Å². The van der Waals surface area contributed by atoms with E-state index in [0.717, 1.165) is 10.6 Å². The Kier molecular flexibility index (Phi) is 6.86. The van der Waals surface area contributed by atoms with Crippen LogP contribution in [0.15, 0.2) is 72.8 Å². The number of hydrogen-bond acceptors (Lipinski definition) is 4. The van der Waals surface area contributed by atoms with Crippen LogP contribution in [0, 0.1) is 11.6 Å². The summed E-state index contributed by atoms with van der Waals surface area (Å²) in [5, 5.41) is 2.57. The van der Waals surface area contributed by atoms with Crippen molar-refractivity contribution in [2.24, 2.45) is 0 Å². The molecule has 1 amide bonds. The molecule has 6 nitrogen and oxygen atoms in total. The second-order valence-electron chi connectivity index (χ2n) is 6.70. The quantitative estimate of drug-likeness (QED) is 0.569. The van der Waals surface area contributed by atoms with E-state index in [1.807, 2.05) is 0 Å². The van der Waals surface area contributed by atoms with Crippen molar-refractivity contribution >= 4 is 27.3 Å². The fraction of sp³-hybridized carbons (Fsp3) is 0.136. The average Bonchev–Trinajstić information content (AvgIpc) is 2.73. The zero-order valence-electron chi connectivity index (χ0n) is 16.6. The van der Waals surface area contributed by atoms with E-state index in [2.05, 4.69) is 5.32 Å². The van der Waals surface area contributed by atoms with Crippen molar-refractivity contribution in [3.63, 3.8) is 0 Å². The number of sulfonamides is 1. The Morgan fingerprint density at radius 3 is 2.23 bits per heavy atom. The fourth-order valence-corrected chi connectivity index (χ4v) is 3.65. The van der Waals surface area contributed by atoms with Gasteiger partial charge in [-0.15, -0.1) is 0 Å². The second kappa shape index (κ2) is 9.57. The molecule has 0 saturated carbocycles. The van der Waals surface area contributed by atoms with Gasteiger partial charge in [-0.2, -0.15) is 0 Å². The maximum atomic E-state index is 14.0. The summed E-state index contributed by atoms with van der Waals surface area (Å²) in [5.41, 5.74) is 1.00. The summed E-state index contributed by atoms with van der Waals surface area (Å²) >= 11 is 0. The molecule has 1 N–H and O–H groups in total. The lowest BCUT2D eigenvalue weighted by Gasteiger charge is -2.23. The van der Waals surface area contributed by atoms with Crippen molar-refractivity contribution in [3.05, 3.63) is 90.0 Å². The van der Waals surface area contributed by atoms with Gasteiger partial charge < -0.3 is 10.1 Å². The highest BCUT2D eigenvalue weighted by atomic mass is 32.2. The van der Waals surface area contributed by atoms with Crippen molar-refractivity contribution in [3.8, 4) is 5.75 Å². The predicted octanol–water partition coefficient (Wildman–Crippen LogP) is 3.95. The highest BCUT2D eigenvalue weighted by molar-refractivity contribution is 7.92. The monoisotopic (exact) mass is 446 g/mol. The third-order valence-corrected chi connectivity index (χ3v) is 5.44. The minimum atomic E-state index is -3.67. The lowest BCUT2D eigenvalue weighted by Crippen LogP contribution is -2.29. The summed E-state index contributed by atoms with van der Waals surface area (Å²) in [5.74, 6) is -0.999. The Balaban J connectivity index is 1.65. The van der Waals surface area contributed by atoms with E-state index in [-0.39, 0.29) is 18.7 Å². The van der Waals surface area contributed by atoms with E-state index < -0.39 is 27.6 Å². The van der Waals surface area contributed by atoms with Crippen LogP contribution < -0.4 is 14.4 Å². The summed E-state index contributed by atoms with van der Waals surface area (Å²) in [4.78, 5) is 12.0. The topological polar surface area (TPSA) is 75.7 Å². The van der Waals surface area contributed by atoms with Crippen LogP contribution in [0.1, 0.15) is 5.56 Å². The maximum Gasteiger partial charge on any atom is 0.262 e. The van der Waals surface area contributed by atoms with E-state index in [4.69, 9.17) is 4.74 Å². The molecule has 0 spiro atoms. The van der Waals surface area contributed by atoms with Gasteiger partial charge >= 0.3 is 0 Å². The summed E-state index contributed by atoms with van der Waals surface area (Å²) < 4.78 is 57.8. The largest absolute Gasteiger partial charge is 0.484 e. The molecule has 0 atom stereocenters. The molecule has 0 aliphatic carbocycles. The number of anilines is 2. The van der Waals surface area contributed by atoms with E-state index in [0.29, 0.717) is 17.1 Å². The first kappa shape index (κ1) is 22.2. The van der Waals surface area contributed by atoms with Crippen molar-refractivity contribution in [2.45, 2.75) is 6.54 Å². The van der Waals surface area contributed by atoms with Gasteiger partial charge in [0.05, 0.1) is 18.5 Å². The lowest BCUT2D eigenvalue weighted by molar-refractivity contribution is -0.118. The van der Waals surface area contributed by atoms with Gasteiger partial charge in [0.25, 0.3) is 5.91 Å². The standard InChI is InChI=1S/C22H20F2N2O4S/c1-31(28,29)26(14-16-4-2-3-5-21(16)24)19-10-12-20(13-11-19)30-15-22(27)25-18-8-6-17(23)7-9-18/h2-13H,14-15H2,1H3,(H,25,27). The molecule has 162 valence electrons. The molecule has 31 heavy (non-hydrogen) atoms. The van der Waals surface area contributed by atoms with Gasteiger partial charge in [0.2, 0.25) is 10.0 Å². The normalized spacial score (nSPS) is 11.1. The number of ether oxygens (including phenoxy) is 1. The number of hydrogen-bond donors (Lipinski definition) is 1. The van der Waals surface area contributed by atoms with Crippen molar-refractivity contribution in [1.29, 1.82) is 0 Å². The highest BCUT2D eigenvalue weighted by Gasteiger charge is 2.19. The molecule has 0 saturated heterocycles. The molecule has 0 radical (unpaired) electrons. The zero-order chi connectivity index (χ0) is 22.4. The predicted molar refractivity (Wildman–Crippen MR) is 114 cm³/mol. The van der Waals surface area contributed by atoms with E-state index in [1.54, 1.807) is 6.07 Å². The van der Waals surface area contributed by atoms with Gasteiger partial charge in [-0.25, -0.2) is 17.2 Å². The molecule has 0 heterocycles. The first-order valence-corrected chi connectivity index (χ1v) is 11.1. The van der Waals surface area contributed by atoms with Crippen molar-refractivity contribution in [2.75, 3.05) is 22.5 Å². The summed E-state index contributed by atoms with van der Waals surface area (Å²) in [7, 11) is -3.67. The molecule has 0 fully saturated rings. The first-order valence-electron chi connectivity index (χ1n) is 9.22. The minimum absolute atomic E-state index is 0.161. The number of carbonyl (C=O) groups is 1. The van der Waals surface area contributed by atoms with Gasteiger partial charge in [0.1, 0.15) is 17.4 Å². The molecule has 3 aromatic rings. The zero-order valence-corrected chi connectivity index (χ0v) is 17.4. The van der Waals surface area contributed by atoms with Gasteiger partial charge in [-0.05, 0) is 54.6 Å². The summed E-state index contributed by atoms with van der Waals surface area (Å²) in [6.45, 7) is -0.451. The first-order chi connectivity index (χ1) is 14.7. The van der Waals surface area contributed by atoms with E-state index in [1.165, 1.54) is 66.7 Å². The van der Waals surface area contributed by atoms with Gasteiger partial charge in [0.15, 0.2) is 6.61 Å². The van der Waals surface area contributed by atoms with E-state index in [9.17, 15) is 22.0 Å². The fourth-order valence-electron chi connectivity index (χ4n) is 2.77. The second-order valence-corrected chi connectivity index (χ2v) is 8.61. The third kappa shape index (κ3) is 6.26. The van der Waals surface area contributed by atoms with Crippen LogP contribution in [0.4, 0.5) is 20.2 Å². The van der Waals surface area contributed by atoms with Crippen LogP contribution in [-0.2, 0) is 21.4 Å². The maximum absolute atomic E-state index is 14.0. The molecule has 9 heteroatoms. The Morgan fingerprint density at radius 1 is 0.968 bits per heavy atom. The third-order valence-electron chi connectivity index (χ3n) is 4.29. The summed E-state index contributed by atoms with van der Waals surface area (Å²) in [6, 6.07) is 17.3. The molecular formula is C22H20F2N2O4S. The average molecular weight is 446 g/mol. The van der Waals surface area contributed by atoms with Crippen LogP contribution in [0.5, 0.6) is 5.75 Å². The number of amides is 1. The Labute approximate surface area is 179 Å². The van der Waals surface area contributed by atoms with Crippen LogP contribution in [0.25, 0.3) is 0 Å². The molecule has 3 rings (SSSR count). The molecule has 0 aromatic heterocycles. The number of nitrogens with one attached hydrogen (secondary N) is 1. The lowest BCUT2D eigenvalue weighted by atomic mass is 10.2. The van der Waals surface area contributed by atoms with Gasteiger partial charge in [-0.3, -0.25) is 9.10 Å². The Hall–Kier alpha value is -3.46. The number of benzene rings is 3. The Bertz CT molecular complexity index is 1150. The molecule has 0 aliphatic rings. The molecular weight excluding hydrogens is 426 g/mol. The van der Waals surface area contributed by atoms with Crippen LogP contribution >= 0.6 is 0 Å². The summed E-state index contributed by atoms with van der Waals surface area (Å²) in [6.07, 6.45) is 1.04. The van der Waals surface area contributed by atoms with Crippen LogP contribution in [0.3, 0.4) is 0 Å². The van der Waals surface area contributed by atoms with Crippen molar-refractivity contribution in [1.82, 2.24) is 0 Å². The molecule has 0 bridgehead atoms. The molecule has 0 aliphatic heterocycles.